The minimum atomic E-state index is -0.731. The van der Waals surface area contributed by atoms with Crippen LogP contribution in [0.1, 0.15) is 44.1 Å². The fourth-order valence-corrected chi connectivity index (χ4v) is 4.13. The summed E-state index contributed by atoms with van der Waals surface area (Å²) in [6.45, 7) is 0.877. The lowest BCUT2D eigenvalue weighted by atomic mass is 9.71. The average molecular weight is 315 g/mol. The first-order valence-corrected chi connectivity index (χ1v) is 8.44. The van der Waals surface area contributed by atoms with Gasteiger partial charge in [-0.1, -0.05) is 23.3 Å². The summed E-state index contributed by atoms with van der Waals surface area (Å²) in [6.07, 6.45) is 6.53. The van der Waals surface area contributed by atoms with Crippen LogP contribution < -0.4 is 10.1 Å². The van der Waals surface area contributed by atoms with Crippen LogP contribution in [0.15, 0.2) is 35.4 Å². The maximum Gasteiger partial charge on any atom is 0.305 e. The molecule has 0 fully saturated rings. The Hall–Kier alpha value is -1.81. The molecular weight excluding hydrogens is 290 g/mol. The molecule has 2 N–H and O–H groups in total. The van der Waals surface area contributed by atoms with Crippen molar-refractivity contribution in [2.45, 2.75) is 50.5 Å². The van der Waals surface area contributed by atoms with Crippen LogP contribution in [0.4, 0.5) is 0 Å². The summed E-state index contributed by atoms with van der Waals surface area (Å²) in [4.78, 5) is 11.6. The number of nitrogens with one attached hydrogen (secondary N) is 1. The molecule has 0 saturated carbocycles. The van der Waals surface area contributed by atoms with Crippen LogP contribution in [0.5, 0.6) is 5.75 Å². The van der Waals surface area contributed by atoms with Gasteiger partial charge in [-0.05, 0) is 62.8 Å². The van der Waals surface area contributed by atoms with E-state index >= 15 is 0 Å². The molecule has 23 heavy (non-hydrogen) atoms. The van der Waals surface area contributed by atoms with E-state index in [0.717, 1.165) is 43.5 Å². The summed E-state index contributed by atoms with van der Waals surface area (Å²) >= 11 is 0. The van der Waals surface area contributed by atoms with Gasteiger partial charge in [0.25, 0.3) is 0 Å². The molecule has 3 rings (SSSR count). The van der Waals surface area contributed by atoms with Gasteiger partial charge in [-0.2, -0.15) is 0 Å². The third-order valence-corrected chi connectivity index (χ3v) is 5.17. The number of ether oxygens (including phenoxy) is 1. The fraction of sp³-hybridized carbons (Fsp3) is 0.526. The van der Waals surface area contributed by atoms with Crippen LogP contribution in [0.3, 0.4) is 0 Å². The second-order valence-electron chi connectivity index (χ2n) is 6.64. The van der Waals surface area contributed by atoms with Crippen molar-refractivity contribution in [1.82, 2.24) is 5.32 Å². The lowest BCUT2D eigenvalue weighted by Gasteiger charge is -2.43. The lowest BCUT2D eigenvalue weighted by molar-refractivity contribution is -0.138. The summed E-state index contributed by atoms with van der Waals surface area (Å²) in [5.41, 5.74) is 3.60. The van der Waals surface area contributed by atoms with Crippen LogP contribution in [0.25, 0.3) is 0 Å². The molecule has 0 radical (unpaired) electrons. The smallest absolute Gasteiger partial charge is 0.305 e. The van der Waals surface area contributed by atoms with Gasteiger partial charge in [0.05, 0.1) is 19.1 Å². The van der Waals surface area contributed by atoms with Gasteiger partial charge in [0.15, 0.2) is 0 Å². The fourth-order valence-electron chi connectivity index (χ4n) is 4.13. The zero-order chi connectivity index (χ0) is 16.3. The van der Waals surface area contributed by atoms with E-state index in [2.05, 4.69) is 5.32 Å². The summed E-state index contributed by atoms with van der Waals surface area (Å²) in [5, 5.41) is 13.1. The molecule has 1 atom stereocenters. The second kappa shape index (κ2) is 6.75. The molecule has 0 amide bonds. The van der Waals surface area contributed by atoms with Gasteiger partial charge in [-0.3, -0.25) is 4.79 Å². The highest BCUT2D eigenvalue weighted by Crippen LogP contribution is 2.40. The van der Waals surface area contributed by atoms with Crippen molar-refractivity contribution in [3.05, 3.63) is 41.0 Å². The number of methoxy groups -OCH3 is 1. The Kier molecular flexibility index (Phi) is 4.71. The zero-order valence-electron chi connectivity index (χ0n) is 13.7. The highest BCUT2D eigenvalue weighted by molar-refractivity contribution is 5.70. The molecule has 1 heterocycles. The number of aliphatic carboxylic acids is 1. The number of carbonyl (C=O) groups is 1. The molecule has 0 spiro atoms. The standard InChI is InChI=1S/C19H25NO3/c1-23-16-8-6-14(7-9-16)12-19(13-18(21)22)17-5-3-2-4-15(17)10-11-20-19/h6-9,20H,2-5,10-13H2,1H3,(H,21,22)/t19-/m0/s1. The van der Waals surface area contributed by atoms with Crippen molar-refractivity contribution in [3.63, 3.8) is 0 Å². The Morgan fingerprint density at radius 1 is 1.22 bits per heavy atom. The molecule has 1 aliphatic carbocycles. The van der Waals surface area contributed by atoms with Crippen LogP contribution in [-0.2, 0) is 11.2 Å². The van der Waals surface area contributed by atoms with Crippen molar-refractivity contribution in [3.8, 4) is 5.75 Å². The first kappa shape index (κ1) is 16.1. The number of hydrogen-bond acceptors (Lipinski definition) is 3. The third kappa shape index (κ3) is 3.42. The van der Waals surface area contributed by atoms with E-state index in [1.54, 1.807) is 7.11 Å². The van der Waals surface area contributed by atoms with Gasteiger partial charge in [0.2, 0.25) is 0 Å². The summed E-state index contributed by atoms with van der Waals surface area (Å²) < 4.78 is 5.22. The Balaban J connectivity index is 1.94. The van der Waals surface area contributed by atoms with Gasteiger partial charge < -0.3 is 15.2 Å². The monoisotopic (exact) mass is 315 g/mol. The number of carboxylic acid groups (broad SMARTS) is 1. The van der Waals surface area contributed by atoms with E-state index in [1.165, 1.54) is 24.0 Å². The highest BCUT2D eigenvalue weighted by Gasteiger charge is 2.40. The molecule has 2 aliphatic rings. The van der Waals surface area contributed by atoms with Crippen molar-refractivity contribution >= 4 is 5.97 Å². The van der Waals surface area contributed by atoms with E-state index in [-0.39, 0.29) is 6.42 Å². The summed E-state index contributed by atoms with van der Waals surface area (Å²) in [7, 11) is 1.66. The molecule has 1 aromatic carbocycles. The van der Waals surface area contributed by atoms with E-state index < -0.39 is 11.5 Å². The Labute approximate surface area is 137 Å². The molecule has 4 nitrogen and oxygen atoms in total. The topological polar surface area (TPSA) is 58.6 Å². The predicted octanol–water partition coefficient (Wildman–Crippen LogP) is 3.32. The number of rotatable bonds is 5. The van der Waals surface area contributed by atoms with Gasteiger partial charge >= 0.3 is 5.97 Å². The van der Waals surface area contributed by atoms with Crippen LogP contribution >= 0.6 is 0 Å². The summed E-state index contributed by atoms with van der Waals surface area (Å²) in [5.74, 6) is 0.0977. The predicted molar refractivity (Wildman–Crippen MR) is 89.8 cm³/mol. The molecule has 0 saturated heterocycles. The van der Waals surface area contributed by atoms with Crippen molar-refractivity contribution in [1.29, 1.82) is 0 Å². The summed E-state index contributed by atoms with van der Waals surface area (Å²) in [6, 6.07) is 7.98. The molecule has 1 aliphatic heterocycles. The molecule has 0 aromatic heterocycles. The number of benzene rings is 1. The third-order valence-electron chi connectivity index (χ3n) is 5.17. The van der Waals surface area contributed by atoms with E-state index in [1.807, 2.05) is 24.3 Å². The largest absolute Gasteiger partial charge is 0.497 e. The number of carboxylic acids is 1. The lowest BCUT2D eigenvalue weighted by Crippen LogP contribution is -2.54. The molecular formula is C19H25NO3. The van der Waals surface area contributed by atoms with Crippen molar-refractivity contribution < 1.29 is 14.6 Å². The van der Waals surface area contributed by atoms with Crippen LogP contribution in [0.2, 0.25) is 0 Å². The molecule has 1 aromatic rings. The second-order valence-corrected chi connectivity index (χ2v) is 6.64. The van der Waals surface area contributed by atoms with Gasteiger partial charge in [0, 0.05) is 0 Å². The van der Waals surface area contributed by atoms with Gasteiger partial charge in [0.1, 0.15) is 5.75 Å². The minimum absolute atomic E-state index is 0.151. The normalized spacial score (nSPS) is 24.2. The minimum Gasteiger partial charge on any atom is -0.497 e. The molecule has 0 bridgehead atoms. The Bertz CT molecular complexity index is 602. The Morgan fingerprint density at radius 2 is 1.96 bits per heavy atom. The zero-order valence-corrected chi connectivity index (χ0v) is 13.7. The molecule has 4 heteroatoms. The van der Waals surface area contributed by atoms with Crippen molar-refractivity contribution in [2.75, 3.05) is 13.7 Å². The molecule has 0 unspecified atom stereocenters. The first-order chi connectivity index (χ1) is 11.1. The van der Waals surface area contributed by atoms with Crippen LogP contribution in [0, 0.1) is 0 Å². The van der Waals surface area contributed by atoms with Gasteiger partial charge in [-0.25, -0.2) is 0 Å². The van der Waals surface area contributed by atoms with Crippen LogP contribution in [-0.4, -0.2) is 30.3 Å². The van der Waals surface area contributed by atoms with Gasteiger partial charge in [-0.15, -0.1) is 0 Å². The van der Waals surface area contributed by atoms with E-state index in [0.29, 0.717) is 0 Å². The number of hydrogen-bond donors (Lipinski definition) is 2. The Morgan fingerprint density at radius 3 is 2.65 bits per heavy atom. The van der Waals surface area contributed by atoms with E-state index in [9.17, 15) is 9.90 Å². The first-order valence-electron chi connectivity index (χ1n) is 8.44. The molecule has 124 valence electrons. The highest BCUT2D eigenvalue weighted by atomic mass is 16.5. The maximum atomic E-state index is 11.6. The SMILES string of the molecule is COc1ccc(C[C@@]2(CC(=O)O)NCCC3=C2CCCC3)cc1. The van der Waals surface area contributed by atoms with E-state index in [4.69, 9.17) is 4.74 Å². The average Bonchev–Trinajstić information content (AvgIpc) is 2.55. The van der Waals surface area contributed by atoms with Crippen molar-refractivity contribution in [2.24, 2.45) is 0 Å². The quantitative estimate of drug-likeness (QED) is 0.819. The maximum absolute atomic E-state index is 11.6.